The van der Waals surface area contributed by atoms with Crippen molar-refractivity contribution in [3.8, 4) is 0 Å². The number of nitrogens with zero attached hydrogens (tertiary/aromatic N) is 1. The van der Waals surface area contributed by atoms with Gasteiger partial charge in [-0.3, -0.25) is 0 Å². The lowest BCUT2D eigenvalue weighted by atomic mass is 10.1. The zero-order chi connectivity index (χ0) is 12.7. The van der Waals surface area contributed by atoms with Crippen LogP contribution >= 0.6 is 0 Å². The predicted molar refractivity (Wildman–Crippen MR) is 75.3 cm³/mol. The highest BCUT2D eigenvalue weighted by Gasteiger charge is 2.05. The van der Waals surface area contributed by atoms with Gasteiger partial charge in [-0.25, -0.2) is 0 Å². The molecule has 1 aromatic rings. The lowest BCUT2D eigenvalue weighted by molar-refractivity contribution is 0.251. The molecule has 2 nitrogen and oxygen atoms in total. The van der Waals surface area contributed by atoms with Gasteiger partial charge in [0.2, 0.25) is 0 Å². The van der Waals surface area contributed by atoms with E-state index in [1.807, 2.05) is 0 Å². The smallest absolute Gasteiger partial charge is 0.0208 e. The molecule has 0 saturated heterocycles. The molecular weight excluding hydrogens is 208 g/mol. The van der Waals surface area contributed by atoms with Crippen molar-refractivity contribution in [2.24, 2.45) is 0 Å². The molecule has 0 heterocycles. The van der Waals surface area contributed by atoms with Crippen molar-refractivity contribution in [2.45, 2.75) is 39.8 Å². The Morgan fingerprint density at radius 3 is 2.65 bits per heavy atom. The Balaban J connectivity index is 2.23. The highest BCUT2D eigenvalue weighted by Crippen LogP contribution is 2.06. The first-order chi connectivity index (χ1) is 8.15. The summed E-state index contributed by atoms with van der Waals surface area (Å²) in [6, 6.07) is 9.24. The van der Waals surface area contributed by atoms with E-state index in [0.717, 1.165) is 19.6 Å². The van der Waals surface area contributed by atoms with Crippen LogP contribution in [0.5, 0.6) is 0 Å². The van der Waals surface area contributed by atoms with Gasteiger partial charge < -0.3 is 10.2 Å². The summed E-state index contributed by atoms with van der Waals surface area (Å²) in [6.45, 7) is 9.82. The van der Waals surface area contributed by atoms with Crippen LogP contribution in [0.3, 0.4) is 0 Å². The summed E-state index contributed by atoms with van der Waals surface area (Å²) in [5.74, 6) is 0. The molecule has 0 radical (unpaired) electrons. The molecule has 0 aliphatic rings. The molecule has 1 atom stereocenters. The van der Waals surface area contributed by atoms with E-state index >= 15 is 0 Å². The number of benzene rings is 1. The van der Waals surface area contributed by atoms with Crippen LogP contribution in [0.1, 0.15) is 31.4 Å². The van der Waals surface area contributed by atoms with Gasteiger partial charge in [0, 0.05) is 25.7 Å². The maximum Gasteiger partial charge on any atom is 0.0208 e. The minimum atomic E-state index is 0.676. The van der Waals surface area contributed by atoms with Gasteiger partial charge in [0.25, 0.3) is 0 Å². The highest BCUT2D eigenvalue weighted by molar-refractivity contribution is 5.25. The average Bonchev–Trinajstić information content (AvgIpc) is 2.35. The molecule has 0 amide bonds. The second-order valence-corrected chi connectivity index (χ2v) is 4.84. The van der Waals surface area contributed by atoms with Crippen LogP contribution in [0, 0.1) is 6.92 Å². The van der Waals surface area contributed by atoms with Gasteiger partial charge >= 0.3 is 0 Å². The van der Waals surface area contributed by atoms with Gasteiger partial charge in [-0.1, -0.05) is 31.2 Å². The number of hydrogen-bond donors (Lipinski definition) is 1. The van der Waals surface area contributed by atoms with Gasteiger partial charge in [0.05, 0.1) is 0 Å². The van der Waals surface area contributed by atoms with Gasteiger partial charge in [0.15, 0.2) is 0 Å². The lowest BCUT2D eigenvalue weighted by Crippen LogP contribution is -2.34. The van der Waals surface area contributed by atoms with Crippen molar-refractivity contribution in [2.75, 3.05) is 20.1 Å². The van der Waals surface area contributed by atoms with E-state index in [0.29, 0.717) is 6.04 Å². The first-order valence-corrected chi connectivity index (χ1v) is 6.60. The van der Waals surface area contributed by atoms with Crippen molar-refractivity contribution >= 4 is 0 Å². The van der Waals surface area contributed by atoms with Gasteiger partial charge in [-0.15, -0.1) is 0 Å². The maximum absolute atomic E-state index is 3.51. The fourth-order valence-electron chi connectivity index (χ4n) is 1.82. The van der Waals surface area contributed by atoms with Crippen molar-refractivity contribution in [1.29, 1.82) is 0 Å². The maximum atomic E-state index is 3.51. The van der Waals surface area contributed by atoms with E-state index in [2.05, 4.69) is 62.3 Å². The molecule has 0 spiro atoms. The van der Waals surface area contributed by atoms with Crippen molar-refractivity contribution in [1.82, 2.24) is 10.2 Å². The average molecular weight is 234 g/mol. The molecule has 2 heteroatoms. The van der Waals surface area contributed by atoms with Crippen molar-refractivity contribution < 1.29 is 0 Å². The van der Waals surface area contributed by atoms with Crippen LogP contribution in [0.25, 0.3) is 0 Å². The number of hydrogen-bond acceptors (Lipinski definition) is 2. The standard InChI is InChI=1S/C15H26N2/c1-5-14(3)17(4)11-10-16-12-15-9-7-6-8-13(15)2/h6-9,14,16H,5,10-12H2,1-4H3. The van der Waals surface area contributed by atoms with E-state index in [1.165, 1.54) is 17.5 Å². The lowest BCUT2D eigenvalue weighted by Gasteiger charge is -2.23. The van der Waals surface area contributed by atoms with Crippen LogP contribution in [0.15, 0.2) is 24.3 Å². The number of nitrogens with one attached hydrogen (secondary N) is 1. The summed E-state index contributed by atoms with van der Waals surface area (Å²) >= 11 is 0. The SMILES string of the molecule is CCC(C)N(C)CCNCc1ccccc1C. The summed E-state index contributed by atoms with van der Waals surface area (Å²) < 4.78 is 0. The Hall–Kier alpha value is -0.860. The molecule has 1 N–H and O–H groups in total. The van der Waals surface area contributed by atoms with Crippen LogP contribution < -0.4 is 5.32 Å². The fraction of sp³-hybridized carbons (Fsp3) is 0.600. The zero-order valence-corrected chi connectivity index (χ0v) is 11.7. The number of likely N-dealkylation sites (N-methyl/N-ethyl adjacent to an activating group) is 1. The third-order valence-electron chi connectivity index (χ3n) is 3.56. The third kappa shape index (κ3) is 4.88. The summed E-state index contributed by atoms with van der Waals surface area (Å²) in [7, 11) is 2.20. The predicted octanol–water partition coefficient (Wildman–Crippen LogP) is 2.81. The normalized spacial score (nSPS) is 13.0. The highest BCUT2D eigenvalue weighted by atomic mass is 15.1. The molecule has 0 aliphatic carbocycles. The molecule has 17 heavy (non-hydrogen) atoms. The van der Waals surface area contributed by atoms with E-state index in [4.69, 9.17) is 0 Å². The van der Waals surface area contributed by atoms with Gasteiger partial charge in [0.1, 0.15) is 0 Å². The van der Waals surface area contributed by atoms with Gasteiger partial charge in [-0.2, -0.15) is 0 Å². The van der Waals surface area contributed by atoms with Crippen molar-refractivity contribution in [3.05, 3.63) is 35.4 Å². The Morgan fingerprint density at radius 1 is 1.29 bits per heavy atom. The monoisotopic (exact) mass is 234 g/mol. The molecule has 0 bridgehead atoms. The zero-order valence-electron chi connectivity index (χ0n) is 11.7. The first-order valence-electron chi connectivity index (χ1n) is 6.60. The van der Waals surface area contributed by atoms with Crippen LogP contribution in [-0.2, 0) is 6.54 Å². The fourth-order valence-corrected chi connectivity index (χ4v) is 1.82. The molecule has 96 valence electrons. The van der Waals surface area contributed by atoms with E-state index in [1.54, 1.807) is 0 Å². The summed E-state index contributed by atoms with van der Waals surface area (Å²) in [5.41, 5.74) is 2.77. The minimum Gasteiger partial charge on any atom is -0.311 e. The summed E-state index contributed by atoms with van der Waals surface area (Å²) in [6.07, 6.45) is 1.22. The van der Waals surface area contributed by atoms with Gasteiger partial charge in [-0.05, 0) is 38.4 Å². The Kier molecular flexibility index (Phi) is 6.23. The largest absolute Gasteiger partial charge is 0.311 e. The quantitative estimate of drug-likeness (QED) is 0.730. The minimum absolute atomic E-state index is 0.676. The Bertz CT molecular complexity index is 322. The molecule has 0 aliphatic heterocycles. The van der Waals surface area contributed by atoms with Crippen LogP contribution in [-0.4, -0.2) is 31.1 Å². The van der Waals surface area contributed by atoms with Crippen molar-refractivity contribution in [3.63, 3.8) is 0 Å². The molecule has 1 unspecified atom stereocenters. The van der Waals surface area contributed by atoms with E-state index in [-0.39, 0.29) is 0 Å². The molecule has 1 rings (SSSR count). The molecule has 0 fully saturated rings. The second kappa shape index (κ2) is 7.46. The molecular formula is C15H26N2. The summed E-state index contributed by atoms with van der Waals surface area (Å²) in [4.78, 5) is 2.41. The van der Waals surface area contributed by atoms with E-state index < -0.39 is 0 Å². The molecule has 0 saturated carbocycles. The number of aryl methyl sites for hydroxylation is 1. The van der Waals surface area contributed by atoms with Crippen LogP contribution in [0.4, 0.5) is 0 Å². The second-order valence-electron chi connectivity index (χ2n) is 4.84. The summed E-state index contributed by atoms with van der Waals surface area (Å²) in [5, 5.41) is 3.51. The Labute approximate surface area is 106 Å². The van der Waals surface area contributed by atoms with E-state index in [9.17, 15) is 0 Å². The van der Waals surface area contributed by atoms with Crippen LogP contribution in [0.2, 0.25) is 0 Å². The molecule has 1 aromatic carbocycles. The third-order valence-corrected chi connectivity index (χ3v) is 3.56. The molecule has 0 aromatic heterocycles. The first kappa shape index (κ1) is 14.2. The number of rotatable bonds is 7. The topological polar surface area (TPSA) is 15.3 Å². The Morgan fingerprint density at radius 2 is 2.00 bits per heavy atom.